The first-order chi connectivity index (χ1) is 20.6. The maximum atomic E-state index is 14.7. The molecular formula is C31H40F2N8O2. The number of benzene rings is 1. The molecule has 43 heavy (non-hydrogen) atoms. The highest BCUT2D eigenvalue weighted by Gasteiger charge is 2.39. The summed E-state index contributed by atoms with van der Waals surface area (Å²) in [6.45, 7) is 9.51. The van der Waals surface area contributed by atoms with Crippen molar-refractivity contribution in [2.24, 2.45) is 0 Å². The Morgan fingerprint density at radius 3 is 2.70 bits per heavy atom. The summed E-state index contributed by atoms with van der Waals surface area (Å²) < 4.78 is 33.4. The molecule has 0 spiro atoms. The van der Waals surface area contributed by atoms with Crippen molar-refractivity contribution in [1.29, 1.82) is 0 Å². The number of aromatic nitrogens is 4. The van der Waals surface area contributed by atoms with E-state index >= 15 is 0 Å². The number of hydrogen-bond donors (Lipinski definition) is 1. The second-order valence-corrected chi connectivity index (χ2v) is 12.3. The van der Waals surface area contributed by atoms with E-state index in [1.54, 1.807) is 11.8 Å². The molecule has 2 fully saturated rings. The van der Waals surface area contributed by atoms with E-state index in [0.717, 1.165) is 46.6 Å². The molecule has 0 saturated carbocycles. The zero-order valence-corrected chi connectivity index (χ0v) is 25.4. The van der Waals surface area contributed by atoms with Gasteiger partial charge in [-0.15, -0.1) is 0 Å². The van der Waals surface area contributed by atoms with E-state index in [1.165, 1.54) is 23.3 Å². The van der Waals surface area contributed by atoms with Crippen LogP contribution in [0.1, 0.15) is 35.7 Å². The van der Waals surface area contributed by atoms with Crippen molar-refractivity contribution < 1.29 is 18.3 Å². The molecule has 2 aromatic heterocycles. The minimum Gasteiger partial charge on any atom is -0.462 e. The number of piperazine rings is 1. The van der Waals surface area contributed by atoms with Crippen LogP contribution in [0.2, 0.25) is 0 Å². The van der Waals surface area contributed by atoms with Crippen molar-refractivity contribution in [2.75, 3.05) is 69.4 Å². The third kappa shape index (κ3) is 5.89. The molecule has 0 radical (unpaired) electrons. The largest absolute Gasteiger partial charge is 0.462 e. The number of carbonyl (C=O) groups is 1. The number of likely N-dealkylation sites (N-methyl/N-ethyl adjacent to an activating group) is 1. The number of fused-ring (bicyclic) bond motifs is 2. The van der Waals surface area contributed by atoms with Gasteiger partial charge in [0.1, 0.15) is 24.8 Å². The molecule has 3 aliphatic heterocycles. The molecule has 12 heteroatoms. The quantitative estimate of drug-likeness (QED) is 0.416. The number of allylic oxidation sites excluding steroid dienone is 1. The van der Waals surface area contributed by atoms with E-state index in [-0.39, 0.29) is 18.0 Å². The normalized spacial score (nSPS) is 23.0. The molecule has 1 N–H and O–H groups in total. The highest BCUT2D eigenvalue weighted by atomic mass is 19.1. The molecule has 0 bridgehead atoms. The summed E-state index contributed by atoms with van der Waals surface area (Å²) in [6.07, 6.45) is 5.57. The van der Waals surface area contributed by atoms with E-state index in [0.29, 0.717) is 52.3 Å². The number of anilines is 2. The zero-order valence-electron chi connectivity index (χ0n) is 25.4. The van der Waals surface area contributed by atoms with E-state index in [1.807, 2.05) is 18.1 Å². The number of halogens is 2. The van der Waals surface area contributed by atoms with E-state index in [4.69, 9.17) is 14.7 Å². The molecule has 6 rings (SSSR count). The summed E-state index contributed by atoms with van der Waals surface area (Å²) in [7, 11) is 1.92. The van der Waals surface area contributed by atoms with Crippen molar-refractivity contribution in [1.82, 2.24) is 30.0 Å². The van der Waals surface area contributed by atoms with Gasteiger partial charge in [0.25, 0.3) is 0 Å². The lowest BCUT2D eigenvalue weighted by Gasteiger charge is -2.38. The first-order valence-electron chi connectivity index (χ1n) is 15.0. The van der Waals surface area contributed by atoms with Crippen molar-refractivity contribution in [3.63, 3.8) is 0 Å². The maximum absolute atomic E-state index is 14.7. The number of aromatic amines is 1. The molecule has 0 aliphatic carbocycles. The highest BCUT2D eigenvalue weighted by Crippen LogP contribution is 2.37. The van der Waals surface area contributed by atoms with E-state index < -0.39 is 12.3 Å². The van der Waals surface area contributed by atoms with Crippen LogP contribution in [0.4, 0.5) is 20.3 Å². The second kappa shape index (κ2) is 11.7. The fraction of sp³-hybridized carbons (Fsp3) is 0.548. The lowest BCUT2D eigenvalue weighted by Crippen LogP contribution is -2.49. The number of ether oxygens (including phenoxy) is 1. The summed E-state index contributed by atoms with van der Waals surface area (Å²) in [4.78, 5) is 30.5. The molecule has 3 aliphatic rings. The summed E-state index contributed by atoms with van der Waals surface area (Å²) in [5.74, 6) is 0.650. The average Bonchev–Trinajstić information content (AvgIpc) is 3.56. The highest BCUT2D eigenvalue weighted by molar-refractivity contribution is 5.94. The van der Waals surface area contributed by atoms with Gasteiger partial charge in [-0.2, -0.15) is 15.1 Å². The summed E-state index contributed by atoms with van der Waals surface area (Å²) in [5, 5.41) is 8.50. The maximum Gasteiger partial charge on any atom is 0.318 e. The number of H-pyrrole nitrogens is 1. The van der Waals surface area contributed by atoms with E-state index in [9.17, 15) is 13.6 Å². The third-order valence-electron chi connectivity index (χ3n) is 9.08. The number of rotatable bonds is 7. The minimum atomic E-state index is -1.24. The molecule has 10 nitrogen and oxygen atoms in total. The van der Waals surface area contributed by atoms with Crippen LogP contribution in [0.3, 0.4) is 0 Å². The molecule has 2 atom stereocenters. The second-order valence-electron chi connectivity index (χ2n) is 12.3. The van der Waals surface area contributed by atoms with Crippen LogP contribution in [0.5, 0.6) is 6.01 Å². The molecule has 2 saturated heterocycles. The van der Waals surface area contributed by atoms with E-state index in [2.05, 4.69) is 39.9 Å². The number of amides is 1. The molecule has 3 aromatic rings. The Morgan fingerprint density at radius 2 is 1.98 bits per heavy atom. The number of nitrogens with zero attached hydrogens (tertiary/aromatic N) is 7. The monoisotopic (exact) mass is 594 g/mol. The molecule has 1 amide bonds. The standard InChI is InChI=1S/C31H40F2N8O2/c1-20-14-25-24(16-34-37-25)28(21(20)2)41-9-7-23-26(17-41)35-30(43-18-22-15-31(3,33)19-38(22)4)36-29(23)40-12-10-39(11-13-40)27(42)6-5-8-32/h5-6,14,16,22H,7-13,15,17-19H2,1-4H3,(H,34,37)/b6-5+/t22-,31?/m0/s1. The lowest BCUT2D eigenvalue weighted by atomic mass is 9.99. The third-order valence-corrected chi connectivity index (χ3v) is 9.08. The van der Waals surface area contributed by atoms with Crippen LogP contribution in [-0.4, -0.2) is 107 Å². The number of carbonyl (C=O) groups excluding carboxylic acids is 1. The van der Waals surface area contributed by atoms with Gasteiger partial charge in [0.05, 0.1) is 29.6 Å². The number of nitrogens with one attached hydrogen (secondary N) is 1. The van der Waals surface area contributed by atoms with Crippen LogP contribution >= 0.6 is 0 Å². The van der Waals surface area contributed by atoms with Crippen molar-refractivity contribution in [3.8, 4) is 6.01 Å². The van der Waals surface area contributed by atoms with Gasteiger partial charge in [0.15, 0.2) is 0 Å². The molecular weight excluding hydrogens is 554 g/mol. The first-order valence-corrected chi connectivity index (χ1v) is 15.0. The van der Waals surface area contributed by atoms with Gasteiger partial charge in [0, 0.05) is 68.8 Å². The summed E-state index contributed by atoms with van der Waals surface area (Å²) in [5.41, 5.74) is 5.31. The Morgan fingerprint density at radius 1 is 1.19 bits per heavy atom. The lowest BCUT2D eigenvalue weighted by molar-refractivity contribution is -0.126. The van der Waals surface area contributed by atoms with Gasteiger partial charge < -0.3 is 19.4 Å². The Kier molecular flexibility index (Phi) is 7.97. The Balaban J connectivity index is 1.29. The molecule has 5 heterocycles. The Bertz CT molecular complexity index is 1530. The Hall–Kier alpha value is -3.80. The summed E-state index contributed by atoms with van der Waals surface area (Å²) >= 11 is 0. The van der Waals surface area contributed by atoms with Gasteiger partial charge in [-0.3, -0.25) is 14.8 Å². The predicted octanol–water partition coefficient (Wildman–Crippen LogP) is 3.52. The first kappa shape index (κ1) is 29.3. The van der Waals surface area contributed by atoms with Gasteiger partial charge in [-0.05, 0) is 57.5 Å². The van der Waals surface area contributed by atoms with Crippen molar-refractivity contribution >= 4 is 28.3 Å². The Labute approximate surface area is 250 Å². The molecule has 1 aromatic carbocycles. The van der Waals surface area contributed by atoms with Crippen LogP contribution < -0.4 is 14.5 Å². The number of likely N-dealkylation sites (tertiary alicyclic amines) is 1. The number of aryl methyl sites for hydroxylation is 1. The molecule has 230 valence electrons. The number of hydrogen-bond acceptors (Lipinski definition) is 8. The smallest absolute Gasteiger partial charge is 0.318 e. The van der Waals surface area contributed by atoms with Crippen molar-refractivity contribution in [2.45, 2.75) is 51.9 Å². The van der Waals surface area contributed by atoms with Gasteiger partial charge in [0.2, 0.25) is 5.91 Å². The van der Waals surface area contributed by atoms with Crippen LogP contribution in [0.15, 0.2) is 24.4 Å². The minimum absolute atomic E-state index is 0.0640. The predicted molar refractivity (Wildman–Crippen MR) is 162 cm³/mol. The SMILES string of the molecule is Cc1cc2[nH]ncc2c(N2CCc3c(nc(OC[C@@H]4CC(C)(F)CN4C)nc3N3CCN(C(=O)/C=C/CF)CC3)C2)c1C. The average molecular weight is 595 g/mol. The van der Waals surface area contributed by atoms with Gasteiger partial charge >= 0.3 is 6.01 Å². The zero-order chi connectivity index (χ0) is 30.3. The van der Waals surface area contributed by atoms with Gasteiger partial charge in [-0.25, -0.2) is 8.78 Å². The summed E-state index contributed by atoms with van der Waals surface area (Å²) in [6, 6.07) is 2.35. The fourth-order valence-electron chi connectivity index (χ4n) is 6.73. The molecule has 1 unspecified atom stereocenters. The van der Waals surface area contributed by atoms with Gasteiger partial charge in [-0.1, -0.05) is 0 Å². The fourth-order valence-corrected chi connectivity index (χ4v) is 6.73. The van der Waals surface area contributed by atoms with Crippen LogP contribution in [0, 0.1) is 13.8 Å². The van der Waals surface area contributed by atoms with Crippen molar-refractivity contribution in [3.05, 3.63) is 46.8 Å². The van der Waals surface area contributed by atoms with Crippen LogP contribution in [0.25, 0.3) is 10.9 Å². The number of alkyl halides is 2. The van der Waals surface area contributed by atoms with Crippen LogP contribution in [-0.2, 0) is 17.8 Å². The topological polar surface area (TPSA) is 93.7 Å².